The minimum Gasteiger partial charge on any atom is -0.493 e. The summed E-state index contributed by atoms with van der Waals surface area (Å²) in [5.41, 5.74) is 6.03. The number of halogens is 1. The number of nitrogens with zero attached hydrogens (tertiary/aromatic N) is 3. The van der Waals surface area contributed by atoms with E-state index < -0.39 is 0 Å². The fraction of sp³-hybridized carbons (Fsp3) is 0.111. The number of rotatable bonds is 4. The molecule has 1 aliphatic rings. The number of ether oxygens (including phenoxy) is 2. The number of thioether (sulfide) groups is 1. The van der Waals surface area contributed by atoms with Crippen LogP contribution in [0.2, 0.25) is 5.02 Å². The molecule has 6 nitrogen and oxygen atoms in total. The van der Waals surface area contributed by atoms with Crippen molar-refractivity contribution in [2.24, 2.45) is 0 Å². The molecule has 3 aromatic rings. The third-order valence-electron chi connectivity index (χ3n) is 3.96. The summed E-state index contributed by atoms with van der Waals surface area (Å²) in [5.74, 6) is 2.00. The first-order valence-corrected chi connectivity index (χ1v) is 9.03. The predicted molar refractivity (Wildman–Crippen MR) is 103 cm³/mol. The normalized spacial score (nSPS) is 12.8. The standard InChI is InChI=1S/C18H15ClN4O2S/c1-24-15-8-7-11(9-16(15)25-2)14-10-26-18-21-20-17(23(18)22-14)12-5-3-4-6-13(12)19/h3-10,22H,1-2H3. The fourth-order valence-corrected chi connectivity index (χ4v) is 3.62. The van der Waals surface area contributed by atoms with Crippen LogP contribution >= 0.6 is 23.4 Å². The van der Waals surface area contributed by atoms with Crippen molar-refractivity contribution < 1.29 is 9.47 Å². The zero-order chi connectivity index (χ0) is 18.1. The Balaban J connectivity index is 1.70. The average molecular weight is 387 g/mol. The fourth-order valence-electron chi connectivity index (χ4n) is 2.66. The minimum atomic E-state index is 0.622. The molecule has 2 heterocycles. The van der Waals surface area contributed by atoms with Crippen LogP contribution in [0.3, 0.4) is 0 Å². The largest absolute Gasteiger partial charge is 0.493 e. The van der Waals surface area contributed by atoms with Gasteiger partial charge < -0.3 is 9.47 Å². The Morgan fingerprint density at radius 2 is 1.85 bits per heavy atom. The summed E-state index contributed by atoms with van der Waals surface area (Å²) in [7, 11) is 3.23. The highest BCUT2D eigenvalue weighted by atomic mass is 35.5. The van der Waals surface area contributed by atoms with Gasteiger partial charge in [0, 0.05) is 16.5 Å². The van der Waals surface area contributed by atoms with Crippen molar-refractivity contribution in [3.05, 3.63) is 58.5 Å². The van der Waals surface area contributed by atoms with Crippen LogP contribution in [0.4, 0.5) is 0 Å². The van der Waals surface area contributed by atoms with Crippen LogP contribution in [0.5, 0.6) is 11.5 Å². The van der Waals surface area contributed by atoms with Crippen LogP contribution in [0.15, 0.2) is 53.0 Å². The minimum absolute atomic E-state index is 0.622. The van der Waals surface area contributed by atoms with Crippen molar-refractivity contribution in [1.29, 1.82) is 0 Å². The van der Waals surface area contributed by atoms with Crippen molar-refractivity contribution in [3.63, 3.8) is 0 Å². The highest BCUT2D eigenvalue weighted by Crippen LogP contribution is 2.36. The summed E-state index contributed by atoms with van der Waals surface area (Å²) >= 11 is 7.81. The van der Waals surface area contributed by atoms with Gasteiger partial charge >= 0.3 is 0 Å². The maximum atomic E-state index is 6.32. The Kier molecular flexibility index (Phi) is 4.48. The first kappa shape index (κ1) is 16.8. The van der Waals surface area contributed by atoms with Gasteiger partial charge in [0.05, 0.1) is 24.9 Å². The van der Waals surface area contributed by atoms with E-state index in [1.165, 1.54) is 11.8 Å². The number of benzene rings is 2. The third-order valence-corrected chi connectivity index (χ3v) is 5.12. The highest BCUT2D eigenvalue weighted by Gasteiger charge is 2.21. The molecule has 0 bridgehead atoms. The quantitative estimate of drug-likeness (QED) is 0.722. The van der Waals surface area contributed by atoms with Gasteiger partial charge in [-0.05, 0) is 30.3 Å². The van der Waals surface area contributed by atoms with Crippen LogP contribution < -0.4 is 14.9 Å². The first-order chi connectivity index (χ1) is 12.7. The molecule has 132 valence electrons. The number of nitrogens with one attached hydrogen (secondary N) is 1. The second-order valence-corrected chi connectivity index (χ2v) is 6.70. The van der Waals surface area contributed by atoms with Crippen molar-refractivity contribution in [2.75, 3.05) is 19.6 Å². The third kappa shape index (κ3) is 2.89. The lowest BCUT2D eigenvalue weighted by atomic mass is 10.1. The summed E-state index contributed by atoms with van der Waals surface area (Å²) in [5, 5.41) is 11.9. The van der Waals surface area contributed by atoms with Crippen molar-refractivity contribution >= 4 is 29.1 Å². The van der Waals surface area contributed by atoms with Crippen LogP contribution in [0.1, 0.15) is 5.56 Å². The molecule has 0 radical (unpaired) electrons. The van der Waals surface area contributed by atoms with E-state index in [4.69, 9.17) is 21.1 Å². The molecular weight excluding hydrogens is 372 g/mol. The second-order valence-electron chi connectivity index (χ2n) is 5.45. The van der Waals surface area contributed by atoms with Gasteiger partial charge in [-0.1, -0.05) is 35.5 Å². The Labute approximate surface area is 159 Å². The average Bonchev–Trinajstić information content (AvgIpc) is 3.10. The number of aromatic nitrogens is 3. The molecule has 2 aromatic carbocycles. The van der Waals surface area contributed by atoms with Gasteiger partial charge in [0.2, 0.25) is 5.16 Å². The van der Waals surface area contributed by atoms with E-state index in [-0.39, 0.29) is 0 Å². The van der Waals surface area contributed by atoms with E-state index in [9.17, 15) is 0 Å². The lowest BCUT2D eigenvalue weighted by Gasteiger charge is -2.20. The zero-order valence-electron chi connectivity index (χ0n) is 14.1. The summed E-state index contributed by atoms with van der Waals surface area (Å²) in [4.78, 5) is 0. The molecule has 8 heteroatoms. The zero-order valence-corrected chi connectivity index (χ0v) is 15.6. The van der Waals surface area contributed by atoms with Crippen LogP contribution in [-0.2, 0) is 0 Å². The molecule has 0 saturated heterocycles. The van der Waals surface area contributed by atoms with E-state index in [1.54, 1.807) is 14.2 Å². The maximum absolute atomic E-state index is 6.32. The van der Waals surface area contributed by atoms with Crippen molar-refractivity contribution in [3.8, 4) is 22.9 Å². The lowest BCUT2D eigenvalue weighted by molar-refractivity contribution is 0.355. The summed E-state index contributed by atoms with van der Waals surface area (Å²) in [6.07, 6.45) is 0. The molecule has 0 saturated carbocycles. The highest BCUT2D eigenvalue weighted by molar-refractivity contribution is 8.02. The topological polar surface area (TPSA) is 61.2 Å². The Morgan fingerprint density at radius 3 is 2.62 bits per heavy atom. The second kappa shape index (κ2) is 6.93. The number of hydrogen-bond acceptors (Lipinski definition) is 6. The molecule has 26 heavy (non-hydrogen) atoms. The summed E-state index contributed by atoms with van der Waals surface area (Å²) in [6.45, 7) is 0. The molecule has 4 rings (SSSR count). The molecule has 0 atom stereocenters. The number of methoxy groups -OCH3 is 2. The Hall–Kier alpha value is -2.64. The van der Waals surface area contributed by atoms with Crippen molar-refractivity contribution in [1.82, 2.24) is 14.9 Å². The van der Waals surface area contributed by atoms with Crippen LogP contribution in [0, 0.1) is 0 Å². The van der Waals surface area contributed by atoms with E-state index in [2.05, 4.69) is 15.6 Å². The van der Waals surface area contributed by atoms with Gasteiger partial charge in [-0.2, -0.15) is 0 Å². The smallest absolute Gasteiger partial charge is 0.214 e. The molecule has 0 unspecified atom stereocenters. The summed E-state index contributed by atoms with van der Waals surface area (Å²) in [6, 6.07) is 13.3. The molecular formula is C18H15ClN4O2S. The van der Waals surface area contributed by atoms with Crippen molar-refractivity contribution in [2.45, 2.75) is 5.16 Å². The van der Waals surface area contributed by atoms with Gasteiger partial charge in [0.15, 0.2) is 17.3 Å². The molecule has 0 fully saturated rings. The molecule has 1 aromatic heterocycles. The van der Waals surface area contributed by atoms with Gasteiger partial charge in [0.25, 0.3) is 0 Å². The molecule has 0 spiro atoms. The Bertz CT molecular complexity index is 1000. The molecule has 0 amide bonds. The SMILES string of the molecule is COc1ccc(C2=CSc3nnc(-c4ccccc4Cl)n3N2)cc1OC. The summed E-state index contributed by atoms with van der Waals surface area (Å²) < 4.78 is 12.5. The van der Waals surface area contributed by atoms with Gasteiger partial charge in [0.1, 0.15) is 0 Å². The lowest BCUT2D eigenvalue weighted by Crippen LogP contribution is -2.18. The van der Waals surface area contributed by atoms with Gasteiger partial charge in [-0.15, -0.1) is 10.2 Å². The molecule has 1 N–H and O–H groups in total. The number of fused-ring (bicyclic) bond motifs is 1. The van der Waals surface area contributed by atoms with Crippen LogP contribution in [-0.4, -0.2) is 29.1 Å². The van der Waals surface area contributed by atoms with E-state index >= 15 is 0 Å². The van der Waals surface area contributed by atoms with E-state index in [0.717, 1.165) is 22.0 Å². The number of hydrogen-bond donors (Lipinski definition) is 1. The molecule has 1 aliphatic heterocycles. The van der Waals surface area contributed by atoms with Gasteiger partial charge in [-0.3, -0.25) is 5.43 Å². The monoisotopic (exact) mass is 386 g/mol. The molecule has 0 aliphatic carbocycles. The van der Waals surface area contributed by atoms with E-state index in [0.29, 0.717) is 22.3 Å². The predicted octanol–water partition coefficient (Wildman–Crippen LogP) is 4.26. The first-order valence-electron chi connectivity index (χ1n) is 7.78. The van der Waals surface area contributed by atoms with E-state index in [1.807, 2.05) is 52.5 Å². The van der Waals surface area contributed by atoms with Gasteiger partial charge in [-0.25, -0.2) is 4.68 Å². The Morgan fingerprint density at radius 1 is 1.04 bits per heavy atom. The van der Waals surface area contributed by atoms with Crippen LogP contribution in [0.25, 0.3) is 17.1 Å². The maximum Gasteiger partial charge on any atom is 0.214 e.